The third-order valence-electron chi connectivity index (χ3n) is 5.65. The largest absolute Gasteiger partial charge is 0.492 e. The Hall–Kier alpha value is -3.85. The highest BCUT2D eigenvalue weighted by atomic mass is 32.2. The van der Waals surface area contributed by atoms with E-state index in [9.17, 15) is 18.0 Å². The molecule has 9 heteroatoms. The van der Waals surface area contributed by atoms with Gasteiger partial charge in [-0.25, -0.2) is 8.42 Å². The number of hydrogen-bond donors (Lipinski definition) is 1. The highest BCUT2D eigenvalue weighted by Crippen LogP contribution is 2.32. The summed E-state index contributed by atoms with van der Waals surface area (Å²) >= 11 is 0. The molecule has 0 radical (unpaired) electrons. The molecular formula is C27H31N3O5S. The topological polar surface area (TPSA) is 96.0 Å². The molecule has 1 N–H and O–H groups in total. The number of likely N-dealkylation sites (N-methyl/N-ethyl adjacent to an activating group) is 1. The molecule has 2 amide bonds. The second-order valence-electron chi connectivity index (χ2n) is 8.02. The number of sulfonamides is 1. The summed E-state index contributed by atoms with van der Waals surface area (Å²) in [5, 5.41) is 2.57. The summed E-state index contributed by atoms with van der Waals surface area (Å²) in [6.45, 7) is 3.35. The van der Waals surface area contributed by atoms with E-state index >= 15 is 0 Å². The van der Waals surface area contributed by atoms with Crippen molar-refractivity contribution in [3.8, 4) is 5.75 Å². The molecule has 3 rings (SSSR count). The Morgan fingerprint density at radius 2 is 1.50 bits per heavy atom. The fourth-order valence-corrected chi connectivity index (χ4v) is 5.19. The Morgan fingerprint density at radius 1 is 0.917 bits per heavy atom. The maximum Gasteiger partial charge on any atom is 0.264 e. The third kappa shape index (κ3) is 6.23. The highest BCUT2D eigenvalue weighted by Gasteiger charge is 2.33. The fourth-order valence-electron chi connectivity index (χ4n) is 3.75. The van der Waals surface area contributed by atoms with E-state index in [1.807, 2.05) is 30.3 Å². The molecule has 1 unspecified atom stereocenters. The number of nitrogens with zero attached hydrogens (tertiary/aromatic N) is 2. The summed E-state index contributed by atoms with van der Waals surface area (Å²) < 4.78 is 34.3. The molecule has 8 nitrogen and oxygen atoms in total. The van der Waals surface area contributed by atoms with Crippen molar-refractivity contribution in [2.24, 2.45) is 0 Å². The molecule has 0 saturated heterocycles. The number of rotatable bonds is 11. The first kappa shape index (κ1) is 26.7. The van der Waals surface area contributed by atoms with Crippen LogP contribution in [0.3, 0.4) is 0 Å². The molecular weight excluding hydrogens is 478 g/mol. The summed E-state index contributed by atoms with van der Waals surface area (Å²) in [7, 11) is -2.65. The molecule has 0 spiro atoms. The first-order valence-electron chi connectivity index (χ1n) is 11.6. The van der Waals surface area contributed by atoms with E-state index in [1.165, 1.54) is 24.1 Å². The molecule has 0 fully saturated rings. The van der Waals surface area contributed by atoms with Crippen molar-refractivity contribution in [1.29, 1.82) is 0 Å². The highest BCUT2D eigenvalue weighted by molar-refractivity contribution is 7.92. The molecule has 1 atom stereocenters. The van der Waals surface area contributed by atoms with Crippen molar-refractivity contribution in [3.05, 3.63) is 90.5 Å². The predicted octanol–water partition coefficient (Wildman–Crippen LogP) is 3.44. The van der Waals surface area contributed by atoms with Gasteiger partial charge in [0.05, 0.1) is 17.2 Å². The maximum absolute atomic E-state index is 13.8. The molecule has 0 aliphatic rings. The van der Waals surface area contributed by atoms with E-state index in [2.05, 4.69) is 5.32 Å². The van der Waals surface area contributed by atoms with Gasteiger partial charge in [-0.1, -0.05) is 60.7 Å². The van der Waals surface area contributed by atoms with Gasteiger partial charge in [0.25, 0.3) is 10.0 Å². The third-order valence-corrected chi connectivity index (χ3v) is 7.43. The van der Waals surface area contributed by atoms with Crippen LogP contribution >= 0.6 is 0 Å². The zero-order chi connectivity index (χ0) is 26.1. The fraction of sp³-hybridized carbons (Fsp3) is 0.259. The van der Waals surface area contributed by atoms with Crippen LogP contribution in [0.4, 0.5) is 5.69 Å². The molecule has 36 heavy (non-hydrogen) atoms. The van der Waals surface area contributed by atoms with E-state index in [0.717, 1.165) is 9.87 Å². The molecule has 190 valence electrons. The Morgan fingerprint density at radius 3 is 2.11 bits per heavy atom. The molecule has 0 aliphatic heterocycles. The number of anilines is 1. The number of carbonyl (C=O) groups is 2. The average Bonchev–Trinajstić information content (AvgIpc) is 2.91. The first-order chi connectivity index (χ1) is 17.3. The van der Waals surface area contributed by atoms with Crippen molar-refractivity contribution in [2.75, 3.05) is 24.5 Å². The quantitative estimate of drug-likeness (QED) is 0.427. The number of carbonyl (C=O) groups excluding carboxylic acids is 2. The predicted molar refractivity (Wildman–Crippen MR) is 139 cm³/mol. The van der Waals surface area contributed by atoms with Crippen LogP contribution in [0.1, 0.15) is 19.4 Å². The minimum Gasteiger partial charge on any atom is -0.492 e. The van der Waals surface area contributed by atoms with Crippen LogP contribution in [0.2, 0.25) is 0 Å². The molecule has 0 heterocycles. The lowest BCUT2D eigenvalue weighted by Gasteiger charge is -2.32. The number of nitrogens with one attached hydrogen (secondary N) is 1. The van der Waals surface area contributed by atoms with Gasteiger partial charge in [-0.2, -0.15) is 0 Å². The Kier molecular flexibility index (Phi) is 9.08. The van der Waals surface area contributed by atoms with Gasteiger partial charge >= 0.3 is 0 Å². The number of ether oxygens (including phenoxy) is 1. The number of hydrogen-bond acceptors (Lipinski definition) is 5. The van der Waals surface area contributed by atoms with E-state index in [-0.39, 0.29) is 23.0 Å². The minimum absolute atomic E-state index is 0.0399. The maximum atomic E-state index is 13.8. The van der Waals surface area contributed by atoms with E-state index < -0.39 is 28.5 Å². The lowest BCUT2D eigenvalue weighted by atomic mass is 10.1. The standard InChI is InChI=1S/C27H31N3O5S/c1-4-35-25-18-12-11-17-24(25)30(36(33,34)23-15-9-6-10-16-23)20-26(31)29(21(2)27(32)28-3)19-22-13-7-5-8-14-22/h5-18,21H,4,19-20H2,1-3H3,(H,28,32). The van der Waals surface area contributed by atoms with E-state index in [4.69, 9.17) is 4.74 Å². The van der Waals surface area contributed by atoms with Crippen LogP contribution < -0.4 is 14.4 Å². The van der Waals surface area contributed by atoms with Crippen LogP contribution in [0, 0.1) is 0 Å². The van der Waals surface area contributed by atoms with Crippen LogP contribution in [-0.2, 0) is 26.2 Å². The van der Waals surface area contributed by atoms with Crippen LogP contribution in [0.15, 0.2) is 89.8 Å². The molecule has 0 aliphatic carbocycles. The Labute approximate surface area is 212 Å². The lowest BCUT2D eigenvalue weighted by molar-refractivity contribution is -0.139. The average molecular weight is 510 g/mol. The molecule has 0 bridgehead atoms. The minimum atomic E-state index is -4.14. The normalized spacial score (nSPS) is 11.9. The van der Waals surface area contributed by atoms with Crippen LogP contribution in [-0.4, -0.2) is 51.4 Å². The van der Waals surface area contributed by atoms with E-state index in [0.29, 0.717) is 12.4 Å². The summed E-state index contributed by atoms with van der Waals surface area (Å²) in [6, 6.07) is 23.0. The first-order valence-corrected chi connectivity index (χ1v) is 13.1. The Bertz CT molecular complexity index is 1270. The van der Waals surface area contributed by atoms with Gasteiger partial charge in [0.15, 0.2) is 0 Å². The van der Waals surface area contributed by atoms with Crippen molar-refractivity contribution in [1.82, 2.24) is 10.2 Å². The second-order valence-corrected chi connectivity index (χ2v) is 9.89. The molecule has 0 saturated carbocycles. The molecule has 3 aromatic rings. The van der Waals surface area contributed by atoms with Gasteiger partial charge in [0.2, 0.25) is 11.8 Å². The summed E-state index contributed by atoms with van der Waals surface area (Å²) in [5.41, 5.74) is 1.05. The van der Waals surface area contributed by atoms with Crippen LogP contribution in [0.25, 0.3) is 0 Å². The van der Waals surface area contributed by atoms with Crippen molar-refractivity contribution in [2.45, 2.75) is 31.3 Å². The molecule has 3 aromatic carbocycles. The van der Waals surface area contributed by atoms with Crippen LogP contribution in [0.5, 0.6) is 5.75 Å². The summed E-state index contributed by atoms with van der Waals surface area (Å²) in [5.74, 6) is -0.548. The second kappa shape index (κ2) is 12.2. The van der Waals surface area contributed by atoms with Gasteiger partial charge in [-0.05, 0) is 43.7 Å². The van der Waals surface area contributed by atoms with Gasteiger partial charge in [-0.3, -0.25) is 13.9 Å². The zero-order valence-corrected chi connectivity index (χ0v) is 21.4. The number of para-hydroxylation sites is 2. The van der Waals surface area contributed by atoms with Gasteiger partial charge in [-0.15, -0.1) is 0 Å². The van der Waals surface area contributed by atoms with Crippen molar-refractivity contribution in [3.63, 3.8) is 0 Å². The monoisotopic (exact) mass is 509 g/mol. The van der Waals surface area contributed by atoms with Gasteiger partial charge < -0.3 is 15.0 Å². The number of benzene rings is 3. The van der Waals surface area contributed by atoms with E-state index in [1.54, 1.807) is 56.3 Å². The smallest absolute Gasteiger partial charge is 0.264 e. The van der Waals surface area contributed by atoms with Gasteiger partial charge in [0, 0.05) is 13.6 Å². The Balaban J connectivity index is 2.06. The summed E-state index contributed by atoms with van der Waals surface area (Å²) in [6.07, 6.45) is 0. The SMILES string of the molecule is CCOc1ccccc1N(CC(=O)N(Cc1ccccc1)C(C)C(=O)NC)S(=O)(=O)c1ccccc1. The molecule has 0 aromatic heterocycles. The van der Waals surface area contributed by atoms with Crippen molar-refractivity contribution < 1.29 is 22.7 Å². The lowest BCUT2D eigenvalue weighted by Crippen LogP contribution is -2.50. The van der Waals surface area contributed by atoms with Crippen molar-refractivity contribution >= 4 is 27.5 Å². The summed E-state index contributed by atoms with van der Waals surface area (Å²) in [4.78, 5) is 27.7. The zero-order valence-electron chi connectivity index (χ0n) is 20.6. The van der Waals surface area contributed by atoms with Gasteiger partial charge in [0.1, 0.15) is 18.3 Å². The number of amides is 2.